The van der Waals surface area contributed by atoms with E-state index in [2.05, 4.69) is 53.3 Å². The van der Waals surface area contributed by atoms with Gasteiger partial charge in [-0.2, -0.15) is 0 Å². The van der Waals surface area contributed by atoms with Crippen LogP contribution in [0.5, 0.6) is 0 Å². The van der Waals surface area contributed by atoms with Crippen molar-refractivity contribution in [2.75, 3.05) is 11.9 Å². The zero-order valence-corrected chi connectivity index (χ0v) is 13.8. The van der Waals surface area contributed by atoms with Crippen molar-refractivity contribution < 1.29 is 5.11 Å². The molecule has 2 nitrogen and oxygen atoms in total. The Balaban J connectivity index is 2.28. The van der Waals surface area contributed by atoms with E-state index in [0.717, 1.165) is 21.3 Å². The van der Waals surface area contributed by atoms with E-state index in [9.17, 15) is 5.11 Å². The number of hydrogen-bond donors (Lipinski definition) is 2. The molecule has 2 aromatic carbocycles. The van der Waals surface area contributed by atoms with Crippen molar-refractivity contribution in [2.24, 2.45) is 0 Å². The molecular formula is C16H17BrClNO. The van der Waals surface area contributed by atoms with E-state index in [-0.39, 0.29) is 12.6 Å². The first-order valence-corrected chi connectivity index (χ1v) is 7.58. The Morgan fingerprint density at radius 3 is 2.60 bits per heavy atom. The topological polar surface area (TPSA) is 32.3 Å². The van der Waals surface area contributed by atoms with E-state index >= 15 is 0 Å². The van der Waals surface area contributed by atoms with Crippen molar-refractivity contribution in [1.82, 2.24) is 0 Å². The first-order valence-electron chi connectivity index (χ1n) is 6.41. The Kier molecular flexibility index (Phi) is 5.08. The second-order valence-electron chi connectivity index (χ2n) is 4.87. The molecule has 4 heteroatoms. The molecule has 0 amide bonds. The van der Waals surface area contributed by atoms with Crippen molar-refractivity contribution in [1.29, 1.82) is 0 Å². The summed E-state index contributed by atoms with van der Waals surface area (Å²) in [6.45, 7) is 4.14. The van der Waals surface area contributed by atoms with Crippen molar-refractivity contribution in [2.45, 2.75) is 19.9 Å². The van der Waals surface area contributed by atoms with Crippen LogP contribution in [0.1, 0.15) is 22.7 Å². The summed E-state index contributed by atoms with van der Waals surface area (Å²) >= 11 is 9.40. The standard InChI is InChI=1S/C16H17BrClNO/c1-10-3-4-11(2)13(7-10)16(9-20)19-12-5-6-15(18)14(17)8-12/h3-8,16,19-20H,9H2,1-2H3. The maximum Gasteiger partial charge on any atom is 0.0747 e. The van der Waals surface area contributed by atoms with Gasteiger partial charge in [0, 0.05) is 10.2 Å². The highest BCUT2D eigenvalue weighted by Crippen LogP contribution is 2.28. The SMILES string of the molecule is Cc1ccc(C)c(C(CO)Nc2ccc(Cl)c(Br)c2)c1. The highest BCUT2D eigenvalue weighted by atomic mass is 79.9. The first kappa shape index (κ1) is 15.4. The Labute approximate surface area is 132 Å². The van der Waals surface area contributed by atoms with Crippen LogP contribution < -0.4 is 5.32 Å². The molecule has 1 atom stereocenters. The predicted molar refractivity (Wildman–Crippen MR) is 88.5 cm³/mol. The Bertz CT molecular complexity index is 615. The van der Waals surface area contributed by atoms with Crippen LogP contribution in [-0.2, 0) is 0 Å². The second-order valence-corrected chi connectivity index (χ2v) is 6.13. The summed E-state index contributed by atoms with van der Waals surface area (Å²) in [6, 6.07) is 11.8. The molecule has 0 heterocycles. The zero-order valence-electron chi connectivity index (χ0n) is 11.5. The molecule has 0 aromatic heterocycles. The van der Waals surface area contributed by atoms with Gasteiger partial charge in [0.1, 0.15) is 0 Å². The summed E-state index contributed by atoms with van der Waals surface area (Å²) in [6.07, 6.45) is 0. The molecule has 0 bridgehead atoms. The number of nitrogens with one attached hydrogen (secondary N) is 1. The third-order valence-corrected chi connectivity index (χ3v) is 4.47. The number of halogens is 2. The summed E-state index contributed by atoms with van der Waals surface area (Å²) in [4.78, 5) is 0. The number of aliphatic hydroxyl groups excluding tert-OH is 1. The summed E-state index contributed by atoms with van der Waals surface area (Å²) in [5.74, 6) is 0. The lowest BCUT2D eigenvalue weighted by atomic mass is 9.99. The molecular weight excluding hydrogens is 338 g/mol. The van der Waals surface area contributed by atoms with Crippen LogP contribution in [0.3, 0.4) is 0 Å². The number of benzene rings is 2. The van der Waals surface area contributed by atoms with Crippen molar-refractivity contribution >= 4 is 33.2 Å². The Hall–Kier alpha value is -1.03. The molecule has 0 fully saturated rings. The lowest BCUT2D eigenvalue weighted by Crippen LogP contribution is -2.16. The molecule has 0 saturated heterocycles. The molecule has 20 heavy (non-hydrogen) atoms. The van der Waals surface area contributed by atoms with E-state index in [0.29, 0.717) is 5.02 Å². The van der Waals surface area contributed by atoms with Gasteiger partial charge in [0.25, 0.3) is 0 Å². The number of anilines is 1. The first-order chi connectivity index (χ1) is 9.51. The number of aryl methyl sites for hydroxylation is 2. The van der Waals surface area contributed by atoms with Gasteiger partial charge in [0.05, 0.1) is 17.7 Å². The number of aliphatic hydroxyl groups is 1. The Morgan fingerprint density at radius 1 is 1.20 bits per heavy atom. The minimum Gasteiger partial charge on any atom is -0.394 e. The monoisotopic (exact) mass is 353 g/mol. The number of hydrogen-bond acceptors (Lipinski definition) is 2. The van der Waals surface area contributed by atoms with Crippen molar-refractivity contribution in [3.8, 4) is 0 Å². The lowest BCUT2D eigenvalue weighted by molar-refractivity contribution is 0.276. The van der Waals surface area contributed by atoms with Crippen LogP contribution in [-0.4, -0.2) is 11.7 Å². The molecule has 0 aliphatic rings. The fraction of sp³-hybridized carbons (Fsp3) is 0.250. The normalized spacial score (nSPS) is 12.2. The van der Waals surface area contributed by atoms with Crippen LogP contribution >= 0.6 is 27.5 Å². The van der Waals surface area contributed by atoms with Gasteiger partial charge in [-0.25, -0.2) is 0 Å². The predicted octanol–water partition coefficient (Wildman–Crippen LogP) is 4.86. The molecule has 0 saturated carbocycles. The van der Waals surface area contributed by atoms with Gasteiger partial charge in [0.2, 0.25) is 0 Å². The molecule has 106 valence electrons. The van der Waals surface area contributed by atoms with Crippen LogP contribution in [0.25, 0.3) is 0 Å². The summed E-state index contributed by atoms with van der Waals surface area (Å²) in [5, 5.41) is 13.7. The molecule has 0 aliphatic carbocycles. The van der Waals surface area contributed by atoms with E-state index in [1.807, 2.05) is 18.2 Å². The van der Waals surface area contributed by atoms with Crippen LogP contribution in [0, 0.1) is 13.8 Å². The zero-order chi connectivity index (χ0) is 14.7. The average Bonchev–Trinajstić information content (AvgIpc) is 2.43. The molecule has 2 rings (SSSR count). The number of rotatable bonds is 4. The average molecular weight is 355 g/mol. The molecule has 2 N–H and O–H groups in total. The fourth-order valence-electron chi connectivity index (χ4n) is 2.14. The Morgan fingerprint density at radius 2 is 1.95 bits per heavy atom. The fourth-order valence-corrected chi connectivity index (χ4v) is 2.64. The van der Waals surface area contributed by atoms with Gasteiger partial charge in [-0.15, -0.1) is 0 Å². The van der Waals surface area contributed by atoms with Crippen LogP contribution in [0.4, 0.5) is 5.69 Å². The quantitative estimate of drug-likeness (QED) is 0.821. The maximum absolute atomic E-state index is 9.68. The minimum atomic E-state index is -0.136. The van der Waals surface area contributed by atoms with Gasteiger partial charge in [-0.05, 0) is 59.1 Å². The molecule has 0 spiro atoms. The van der Waals surface area contributed by atoms with Gasteiger partial charge in [-0.3, -0.25) is 0 Å². The van der Waals surface area contributed by atoms with Crippen LogP contribution in [0.2, 0.25) is 5.02 Å². The van der Waals surface area contributed by atoms with Gasteiger partial charge in [0.15, 0.2) is 0 Å². The van der Waals surface area contributed by atoms with E-state index in [4.69, 9.17) is 11.6 Å². The molecule has 0 aliphatic heterocycles. The van der Waals surface area contributed by atoms with Gasteiger partial charge in [-0.1, -0.05) is 35.4 Å². The smallest absolute Gasteiger partial charge is 0.0747 e. The lowest BCUT2D eigenvalue weighted by Gasteiger charge is -2.21. The second kappa shape index (κ2) is 6.61. The summed E-state index contributed by atoms with van der Waals surface area (Å²) in [7, 11) is 0. The third-order valence-electron chi connectivity index (χ3n) is 3.25. The highest BCUT2D eigenvalue weighted by Gasteiger charge is 2.13. The van der Waals surface area contributed by atoms with Gasteiger partial charge < -0.3 is 10.4 Å². The van der Waals surface area contributed by atoms with E-state index in [1.165, 1.54) is 5.56 Å². The molecule has 2 aromatic rings. The molecule has 1 unspecified atom stereocenters. The van der Waals surface area contributed by atoms with Gasteiger partial charge >= 0.3 is 0 Å². The largest absolute Gasteiger partial charge is 0.394 e. The third kappa shape index (κ3) is 3.54. The summed E-state index contributed by atoms with van der Waals surface area (Å²) < 4.78 is 0.835. The van der Waals surface area contributed by atoms with Crippen molar-refractivity contribution in [3.05, 3.63) is 62.6 Å². The minimum absolute atomic E-state index is 0.0323. The maximum atomic E-state index is 9.68. The van der Waals surface area contributed by atoms with E-state index in [1.54, 1.807) is 0 Å². The van der Waals surface area contributed by atoms with E-state index < -0.39 is 0 Å². The highest BCUT2D eigenvalue weighted by molar-refractivity contribution is 9.10. The van der Waals surface area contributed by atoms with Crippen LogP contribution in [0.15, 0.2) is 40.9 Å². The van der Waals surface area contributed by atoms with Crippen molar-refractivity contribution in [3.63, 3.8) is 0 Å². The molecule has 0 radical (unpaired) electrons. The summed E-state index contributed by atoms with van der Waals surface area (Å²) in [5.41, 5.74) is 4.37.